The number of Topliss-reactive ketones (excluding diaryl/α,β-unsaturated/α-hetero) is 1. The molecule has 2 aliphatic rings. The average Bonchev–Trinajstić information content (AvgIpc) is 3.18. The number of ketones is 1. The summed E-state index contributed by atoms with van der Waals surface area (Å²) in [5, 5.41) is 12.9. The van der Waals surface area contributed by atoms with E-state index in [1.165, 1.54) is 0 Å². The van der Waals surface area contributed by atoms with E-state index in [1.807, 2.05) is 80.6 Å². The number of hydrogen-bond acceptors (Lipinski definition) is 7. The standard InChI is InChI=1S/C35H38N2O7/c1-5-21(2)44-29-13-9-6-10-24(29)35-34-26(18-23(19-28(34)38)22-14-15-30(42-3)31(20-22)43-4)36-25-11-7-8-12-27(25)37(35)32(39)16-17-33(40)41/h6-15,20-21,23,35-36H,5,16-19H2,1-4H3,(H,40,41). The highest BCUT2D eigenvalue weighted by Crippen LogP contribution is 2.49. The van der Waals surface area contributed by atoms with Gasteiger partial charge in [-0.15, -0.1) is 0 Å². The first-order valence-corrected chi connectivity index (χ1v) is 14.9. The molecule has 0 fully saturated rings. The molecule has 0 bridgehead atoms. The Balaban J connectivity index is 1.69. The number of para-hydroxylation sites is 3. The van der Waals surface area contributed by atoms with Gasteiger partial charge in [-0.05, 0) is 61.6 Å². The van der Waals surface area contributed by atoms with Crippen LogP contribution in [-0.4, -0.2) is 43.1 Å². The van der Waals surface area contributed by atoms with Crippen molar-refractivity contribution in [2.45, 2.75) is 64.0 Å². The molecule has 0 saturated heterocycles. The second kappa shape index (κ2) is 13.2. The maximum absolute atomic E-state index is 14.4. The van der Waals surface area contributed by atoms with Crippen molar-refractivity contribution in [2.24, 2.45) is 0 Å². The number of carbonyl (C=O) groups excluding carboxylic acids is 2. The highest BCUT2D eigenvalue weighted by Gasteiger charge is 2.42. The molecule has 3 unspecified atom stereocenters. The van der Waals surface area contributed by atoms with E-state index in [0.717, 1.165) is 12.0 Å². The molecule has 0 saturated carbocycles. The Hall–Kier alpha value is -4.79. The van der Waals surface area contributed by atoms with Crippen molar-refractivity contribution < 1.29 is 33.7 Å². The first-order chi connectivity index (χ1) is 21.2. The smallest absolute Gasteiger partial charge is 0.303 e. The number of aliphatic carboxylic acids is 1. The molecule has 1 aliphatic heterocycles. The Morgan fingerprint density at radius 2 is 1.68 bits per heavy atom. The third-order valence-electron chi connectivity index (χ3n) is 8.31. The van der Waals surface area contributed by atoms with Gasteiger partial charge in [0.05, 0.1) is 44.2 Å². The van der Waals surface area contributed by atoms with Gasteiger partial charge in [0.15, 0.2) is 17.3 Å². The minimum Gasteiger partial charge on any atom is -0.493 e. The molecular formula is C35H38N2O7. The van der Waals surface area contributed by atoms with Crippen molar-refractivity contribution in [2.75, 3.05) is 24.4 Å². The van der Waals surface area contributed by atoms with Crippen LogP contribution in [0.3, 0.4) is 0 Å². The molecule has 5 rings (SSSR count). The van der Waals surface area contributed by atoms with Crippen molar-refractivity contribution in [1.29, 1.82) is 0 Å². The molecule has 0 spiro atoms. The lowest BCUT2D eigenvalue weighted by Crippen LogP contribution is -2.39. The van der Waals surface area contributed by atoms with E-state index in [1.54, 1.807) is 19.1 Å². The lowest BCUT2D eigenvalue weighted by atomic mass is 9.78. The van der Waals surface area contributed by atoms with Gasteiger partial charge in [-0.1, -0.05) is 43.3 Å². The molecule has 1 amide bonds. The number of ether oxygens (including phenoxy) is 3. The van der Waals surface area contributed by atoms with Crippen LogP contribution in [0.2, 0.25) is 0 Å². The van der Waals surface area contributed by atoms with E-state index in [4.69, 9.17) is 14.2 Å². The number of rotatable bonds is 10. The maximum atomic E-state index is 14.4. The van der Waals surface area contributed by atoms with Crippen LogP contribution in [0.4, 0.5) is 11.4 Å². The third-order valence-corrected chi connectivity index (χ3v) is 8.31. The Labute approximate surface area is 257 Å². The molecule has 44 heavy (non-hydrogen) atoms. The number of fused-ring (bicyclic) bond motifs is 1. The fraction of sp³-hybridized carbons (Fsp3) is 0.343. The molecule has 1 heterocycles. The Morgan fingerprint density at radius 1 is 0.955 bits per heavy atom. The van der Waals surface area contributed by atoms with E-state index in [2.05, 4.69) is 5.32 Å². The second-order valence-electron chi connectivity index (χ2n) is 11.1. The SMILES string of the molecule is CCC(C)Oc1ccccc1C1C2=C(CC(c3ccc(OC)c(OC)c3)CC2=O)Nc2ccccc2N1C(=O)CCC(=O)O. The van der Waals surface area contributed by atoms with Gasteiger partial charge in [0.2, 0.25) is 5.91 Å². The summed E-state index contributed by atoms with van der Waals surface area (Å²) in [5.41, 5.74) is 4.02. The normalized spacial score (nSPS) is 18.4. The number of amides is 1. The van der Waals surface area contributed by atoms with Gasteiger partial charge in [0.25, 0.3) is 0 Å². The summed E-state index contributed by atoms with van der Waals surface area (Å²) >= 11 is 0. The van der Waals surface area contributed by atoms with Crippen LogP contribution in [0.25, 0.3) is 0 Å². The van der Waals surface area contributed by atoms with Crippen LogP contribution >= 0.6 is 0 Å². The van der Waals surface area contributed by atoms with E-state index >= 15 is 0 Å². The Kier molecular flexibility index (Phi) is 9.23. The third kappa shape index (κ3) is 6.13. The quantitative estimate of drug-likeness (QED) is 0.267. The summed E-state index contributed by atoms with van der Waals surface area (Å²) in [6.07, 6.45) is 0.837. The van der Waals surface area contributed by atoms with E-state index < -0.39 is 17.9 Å². The molecule has 1 aliphatic carbocycles. The summed E-state index contributed by atoms with van der Waals surface area (Å²) in [6.45, 7) is 4.00. The van der Waals surface area contributed by atoms with Gasteiger partial charge >= 0.3 is 5.97 Å². The van der Waals surface area contributed by atoms with Crippen LogP contribution in [0.15, 0.2) is 78.0 Å². The summed E-state index contributed by atoms with van der Waals surface area (Å²) in [4.78, 5) is 41.5. The van der Waals surface area contributed by atoms with Gasteiger partial charge in [-0.3, -0.25) is 19.3 Å². The maximum Gasteiger partial charge on any atom is 0.303 e. The summed E-state index contributed by atoms with van der Waals surface area (Å²) in [6, 6.07) is 19.7. The zero-order valence-corrected chi connectivity index (χ0v) is 25.5. The van der Waals surface area contributed by atoms with Crippen molar-refractivity contribution in [3.05, 3.63) is 89.1 Å². The molecule has 230 valence electrons. The molecule has 3 aromatic rings. The minimum absolute atomic E-state index is 0.103. The molecule has 0 aromatic heterocycles. The monoisotopic (exact) mass is 598 g/mol. The molecule has 3 aromatic carbocycles. The number of nitrogens with one attached hydrogen (secondary N) is 1. The first-order valence-electron chi connectivity index (χ1n) is 14.9. The van der Waals surface area contributed by atoms with Gasteiger partial charge in [-0.2, -0.15) is 0 Å². The zero-order valence-electron chi connectivity index (χ0n) is 25.5. The number of carboxylic acid groups (broad SMARTS) is 1. The highest BCUT2D eigenvalue weighted by atomic mass is 16.5. The summed E-state index contributed by atoms with van der Waals surface area (Å²) in [5.74, 6) is 0.0439. The van der Waals surface area contributed by atoms with Crippen molar-refractivity contribution >= 4 is 29.0 Å². The minimum atomic E-state index is -1.07. The highest BCUT2D eigenvalue weighted by molar-refractivity contribution is 6.07. The number of methoxy groups -OCH3 is 2. The van der Waals surface area contributed by atoms with Crippen LogP contribution < -0.4 is 24.4 Å². The fourth-order valence-corrected chi connectivity index (χ4v) is 5.95. The number of anilines is 2. The molecule has 3 atom stereocenters. The Bertz CT molecular complexity index is 1600. The van der Waals surface area contributed by atoms with Crippen LogP contribution in [-0.2, 0) is 14.4 Å². The topological polar surface area (TPSA) is 114 Å². The van der Waals surface area contributed by atoms with E-state index in [9.17, 15) is 19.5 Å². The number of carbonyl (C=O) groups is 3. The van der Waals surface area contributed by atoms with Gasteiger partial charge in [0, 0.05) is 29.7 Å². The number of benzene rings is 3. The lowest BCUT2D eigenvalue weighted by Gasteiger charge is -2.36. The number of nitrogens with zero attached hydrogens (tertiary/aromatic N) is 1. The number of carboxylic acids is 1. The van der Waals surface area contributed by atoms with Crippen molar-refractivity contribution in [3.8, 4) is 17.2 Å². The van der Waals surface area contributed by atoms with Gasteiger partial charge < -0.3 is 24.6 Å². The van der Waals surface area contributed by atoms with E-state index in [-0.39, 0.29) is 37.1 Å². The van der Waals surface area contributed by atoms with Crippen LogP contribution in [0, 0.1) is 0 Å². The van der Waals surface area contributed by atoms with Crippen LogP contribution in [0.5, 0.6) is 17.2 Å². The zero-order chi connectivity index (χ0) is 31.4. The molecule has 0 radical (unpaired) electrons. The first kappa shape index (κ1) is 30.7. The summed E-state index contributed by atoms with van der Waals surface area (Å²) < 4.78 is 17.3. The predicted octanol–water partition coefficient (Wildman–Crippen LogP) is 6.65. The number of hydrogen-bond donors (Lipinski definition) is 2. The average molecular weight is 599 g/mol. The molecule has 9 nitrogen and oxygen atoms in total. The van der Waals surface area contributed by atoms with Crippen LogP contribution in [0.1, 0.15) is 69.0 Å². The van der Waals surface area contributed by atoms with Gasteiger partial charge in [0.1, 0.15) is 5.75 Å². The predicted molar refractivity (Wildman–Crippen MR) is 168 cm³/mol. The lowest BCUT2D eigenvalue weighted by molar-refractivity contribution is -0.138. The fourth-order valence-electron chi connectivity index (χ4n) is 5.95. The van der Waals surface area contributed by atoms with Crippen molar-refractivity contribution in [3.63, 3.8) is 0 Å². The van der Waals surface area contributed by atoms with Gasteiger partial charge in [-0.25, -0.2) is 0 Å². The molecular weight excluding hydrogens is 560 g/mol. The second-order valence-corrected chi connectivity index (χ2v) is 11.1. The molecule has 9 heteroatoms. The van der Waals surface area contributed by atoms with E-state index in [0.29, 0.717) is 51.9 Å². The Morgan fingerprint density at radius 3 is 2.41 bits per heavy atom. The molecule has 2 N–H and O–H groups in total. The number of allylic oxidation sites excluding steroid dienone is 1. The summed E-state index contributed by atoms with van der Waals surface area (Å²) in [7, 11) is 3.16. The largest absolute Gasteiger partial charge is 0.493 e. The van der Waals surface area contributed by atoms with Crippen molar-refractivity contribution in [1.82, 2.24) is 0 Å².